The van der Waals surface area contributed by atoms with Gasteiger partial charge in [0.25, 0.3) is 0 Å². The highest BCUT2D eigenvalue weighted by atomic mass is 15.0. The Balaban J connectivity index is 1.21. The Bertz CT molecular complexity index is 3110. The molecule has 11 rings (SSSR count). The largest absolute Gasteiger partial charge is 0.309 e. The standard InChI is InChI=1S/C52H33N3/c1-3-15-34(16-4-1)48-33-49(35-17-5-2-6-18-35)54-52(53-48)38-29-37(30-39(31-38)55-50-25-13-11-23-45(50)46-24-12-14-26-51(46)55)36-27-28-44-42-21-8-7-19-40(42)41-20-9-10-22-43(41)47(44)32-36/h1-33H. The Labute approximate surface area is 318 Å². The number of hydrogen-bond donors (Lipinski definition) is 0. The molecular formula is C52H33N3. The summed E-state index contributed by atoms with van der Waals surface area (Å²) in [6, 6.07) is 71.6. The highest BCUT2D eigenvalue weighted by Gasteiger charge is 2.18. The molecule has 0 atom stereocenters. The molecule has 11 aromatic rings. The maximum absolute atomic E-state index is 5.29. The second-order valence-corrected chi connectivity index (χ2v) is 14.2. The van der Waals surface area contributed by atoms with Gasteiger partial charge in [0.1, 0.15) is 0 Å². The van der Waals surface area contributed by atoms with E-state index in [4.69, 9.17) is 9.97 Å². The van der Waals surface area contributed by atoms with Crippen LogP contribution < -0.4 is 0 Å². The Hall–Kier alpha value is -7.36. The fraction of sp³-hybridized carbons (Fsp3) is 0. The van der Waals surface area contributed by atoms with Crippen molar-refractivity contribution in [1.82, 2.24) is 14.5 Å². The molecule has 0 radical (unpaired) electrons. The van der Waals surface area contributed by atoms with Gasteiger partial charge in [-0.1, -0.05) is 158 Å². The van der Waals surface area contributed by atoms with E-state index in [0.29, 0.717) is 5.82 Å². The molecule has 3 nitrogen and oxygen atoms in total. The molecule has 0 N–H and O–H groups in total. The number of hydrogen-bond acceptors (Lipinski definition) is 2. The Morgan fingerprint density at radius 2 is 0.709 bits per heavy atom. The first-order valence-corrected chi connectivity index (χ1v) is 18.7. The number of benzene rings is 9. The summed E-state index contributed by atoms with van der Waals surface area (Å²) in [5.41, 5.74) is 10.4. The highest BCUT2D eigenvalue weighted by Crippen LogP contribution is 2.40. The van der Waals surface area contributed by atoms with Crippen molar-refractivity contribution >= 4 is 54.1 Å². The van der Waals surface area contributed by atoms with E-state index in [1.54, 1.807) is 0 Å². The zero-order valence-electron chi connectivity index (χ0n) is 29.9. The smallest absolute Gasteiger partial charge is 0.160 e. The molecule has 55 heavy (non-hydrogen) atoms. The molecule has 0 bridgehead atoms. The van der Waals surface area contributed by atoms with Crippen LogP contribution in [0.5, 0.6) is 0 Å². The molecular weight excluding hydrogens is 667 g/mol. The fourth-order valence-electron chi connectivity index (χ4n) is 8.41. The van der Waals surface area contributed by atoms with Crippen LogP contribution in [0.1, 0.15) is 0 Å². The zero-order valence-corrected chi connectivity index (χ0v) is 29.9. The predicted octanol–water partition coefficient (Wildman–Crippen LogP) is 13.7. The summed E-state index contributed by atoms with van der Waals surface area (Å²) < 4.78 is 2.39. The summed E-state index contributed by atoms with van der Waals surface area (Å²) in [6.07, 6.45) is 0. The van der Waals surface area contributed by atoms with E-state index in [9.17, 15) is 0 Å². The van der Waals surface area contributed by atoms with E-state index in [2.05, 4.69) is 193 Å². The minimum Gasteiger partial charge on any atom is -0.309 e. The highest BCUT2D eigenvalue weighted by molar-refractivity contribution is 6.25. The molecule has 0 fully saturated rings. The average molecular weight is 700 g/mol. The molecule has 0 unspecified atom stereocenters. The number of fused-ring (bicyclic) bond motifs is 9. The van der Waals surface area contributed by atoms with Crippen molar-refractivity contribution in [3.05, 3.63) is 200 Å². The lowest BCUT2D eigenvalue weighted by Gasteiger charge is -2.16. The number of rotatable bonds is 5. The molecule has 2 aromatic heterocycles. The van der Waals surface area contributed by atoms with Crippen LogP contribution in [0.3, 0.4) is 0 Å². The van der Waals surface area contributed by atoms with E-state index in [1.807, 2.05) is 12.1 Å². The molecule has 0 saturated carbocycles. The minimum absolute atomic E-state index is 0.682. The fourth-order valence-corrected chi connectivity index (χ4v) is 8.41. The van der Waals surface area contributed by atoms with E-state index in [1.165, 1.54) is 43.1 Å². The molecule has 0 amide bonds. The van der Waals surface area contributed by atoms with E-state index in [-0.39, 0.29) is 0 Å². The third-order valence-corrected chi connectivity index (χ3v) is 11.0. The van der Waals surface area contributed by atoms with Crippen LogP contribution >= 0.6 is 0 Å². The van der Waals surface area contributed by atoms with Gasteiger partial charge in [0, 0.05) is 33.2 Å². The maximum atomic E-state index is 5.29. The molecule has 0 aliphatic carbocycles. The summed E-state index contributed by atoms with van der Waals surface area (Å²) in [4.78, 5) is 10.6. The Morgan fingerprint density at radius 3 is 1.25 bits per heavy atom. The Kier molecular flexibility index (Phi) is 7.17. The van der Waals surface area contributed by atoms with Gasteiger partial charge in [-0.3, -0.25) is 0 Å². The molecule has 3 heteroatoms. The van der Waals surface area contributed by atoms with Gasteiger partial charge >= 0.3 is 0 Å². The second-order valence-electron chi connectivity index (χ2n) is 14.2. The zero-order chi connectivity index (χ0) is 36.3. The average Bonchev–Trinajstić information content (AvgIpc) is 3.61. The van der Waals surface area contributed by atoms with Gasteiger partial charge in [-0.25, -0.2) is 9.97 Å². The van der Waals surface area contributed by atoms with Crippen LogP contribution in [0.4, 0.5) is 0 Å². The first-order chi connectivity index (χ1) is 27.3. The van der Waals surface area contributed by atoms with Crippen LogP contribution in [-0.2, 0) is 0 Å². The number of nitrogens with zero attached hydrogens (tertiary/aromatic N) is 3. The van der Waals surface area contributed by atoms with Gasteiger partial charge in [0.2, 0.25) is 0 Å². The summed E-state index contributed by atoms with van der Waals surface area (Å²) in [6.45, 7) is 0. The maximum Gasteiger partial charge on any atom is 0.160 e. The third-order valence-electron chi connectivity index (χ3n) is 11.0. The van der Waals surface area contributed by atoms with Gasteiger partial charge in [-0.15, -0.1) is 0 Å². The second kappa shape index (κ2) is 12.6. The van der Waals surface area contributed by atoms with E-state index >= 15 is 0 Å². The minimum atomic E-state index is 0.682. The summed E-state index contributed by atoms with van der Waals surface area (Å²) in [7, 11) is 0. The van der Waals surface area contributed by atoms with Crippen molar-refractivity contribution in [2.24, 2.45) is 0 Å². The molecule has 0 aliphatic rings. The predicted molar refractivity (Wildman–Crippen MR) is 231 cm³/mol. The normalized spacial score (nSPS) is 11.6. The van der Waals surface area contributed by atoms with E-state index < -0.39 is 0 Å². The molecule has 2 heterocycles. The lowest BCUT2D eigenvalue weighted by atomic mass is 9.91. The van der Waals surface area contributed by atoms with Crippen LogP contribution in [0.2, 0.25) is 0 Å². The van der Waals surface area contributed by atoms with Crippen molar-refractivity contribution in [1.29, 1.82) is 0 Å². The van der Waals surface area contributed by atoms with Crippen molar-refractivity contribution in [3.63, 3.8) is 0 Å². The van der Waals surface area contributed by atoms with Crippen molar-refractivity contribution in [3.8, 4) is 50.7 Å². The van der Waals surface area contributed by atoms with Gasteiger partial charge in [-0.05, 0) is 85.9 Å². The molecule has 0 aliphatic heterocycles. The quantitative estimate of drug-likeness (QED) is 0.167. The van der Waals surface area contributed by atoms with E-state index in [0.717, 1.165) is 55.9 Å². The van der Waals surface area contributed by atoms with Crippen LogP contribution in [0, 0.1) is 0 Å². The van der Waals surface area contributed by atoms with Crippen LogP contribution in [0.15, 0.2) is 200 Å². The summed E-state index contributed by atoms with van der Waals surface area (Å²) >= 11 is 0. The molecule has 256 valence electrons. The first-order valence-electron chi connectivity index (χ1n) is 18.7. The third kappa shape index (κ3) is 5.20. The Morgan fingerprint density at radius 1 is 0.273 bits per heavy atom. The van der Waals surface area contributed by atoms with Crippen molar-refractivity contribution < 1.29 is 0 Å². The first kappa shape index (κ1) is 31.2. The molecule has 0 spiro atoms. The van der Waals surface area contributed by atoms with Crippen LogP contribution in [-0.4, -0.2) is 14.5 Å². The number of aromatic nitrogens is 3. The van der Waals surface area contributed by atoms with Crippen molar-refractivity contribution in [2.75, 3.05) is 0 Å². The van der Waals surface area contributed by atoms with Gasteiger partial charge in [0.05, 0.1) is 22.4 Å². The summed E-state index contributed by atoms with van der Waals surface area (Å²) in [5, 5.41) is 10.0. The van der Waals surface area contributed by atoms with Gasteiger partial charge < -0.3 is 4.57 Å². The van der Waals surface area contributed by atoms with Gasteiger partial charge in [0.15, 0.2) is 5.82 Å². The SMILES string of the molecule is c1ccc(-c2cc(-c3ccccc3)nc(-c3cc(-c4ccc5c6ccccc6c6ccccc6c5c4)cc(-n4c5ccccc5c5ccccc54)c3)n2)cc1. The van der Waals surface area contributed by atoms with Gasteiger partial charge in [-0.2, -0.15) is 0 Å². The molecule has 0 saturated heterocycles. The number of para-hydroxylation sites is 2. The summed E-state index contributed by atoms with van der Waals surface area (Å²) in [5.74, 6) is 0.682. The van der Waals surface area contributed by atoms with Crippen molar-refractivity contribution in [2.45, 2.75) is 0 Å². The lowest BCUT2D eigenvalue weighted by Crippen LogP contribution is -1.99. The molecule has 9 aromatic carbocycles. The monoisotopic (exact) mass is 699 g/mol. The lowest BCUT2D eigenvalue weighted by molar-refractivity contribution is 1.16. The topological polar surface area (TPSA) is 30.7 Å². The van der Waals surface area contributed by atoms with Crippen LogP contribution in [0.25, 0.3) is 105 Å².